The van der Waals surface area contributed by atoms with Crippen molar-refractivity contribution in [2.45, 2.75) is 52.4 Å². The maximum absolute atomic E-state index is 4.46. The fraction of sp³-hybridized carbons (Fsp3) is 0.257. The molecule has 192 valence electrons. The molecule has 0 saturated heterocycles. The van der Waals surface area contributed by atoms with E-state index >= 15 is 0 Å². The third kappa shape index (κ3) is 5.33. The van der Waals surface area contributed by atoms with Crippen LogP contribution >= 0.6 is 0 Å². The van der Waals surface area contributed by atoms with Crippen LogP contribution in [0.5, 0.6) is 0 Å². The van der Waals surface area contributed by atoms with Crippen molar-refractivity contribution >= 4 is 0 Å². The van der Waals surface area contributed by atoms with Gasteiger partial charge in [0, 0.05) is 12.6 Å². The van der Waals surface area contributed by atoms with Crippen LogP contribution in [-0.4, -0.2) is 14.8 Å². The normalized spacial score (nSPS) is 12.1. The summed E-state index contributed by atoms with van der Waals surface area (Å²) in [5, 5.41) is 4.26. The van der Waals surface area contributed by atoms with Crippen LogP contribution in [0.15, 0.2) is 97.3 Å². The van der Waals surface area contributed by atoms with Crippen LogP contribution < -0.4 is 0 Å². The summed E-state index contributed by atoms with van der Waals surface area (Å²) >= 11 is 0. The number of nitrogens with zero attached hydrogens (tertiary/aromatic N) is 3. The summed E-state index contributed by atoms with van der Waals surface area (Å²) < 4.78 is 1.81. The fourth-order valence-corrected chi connectivity index (χ4v) is 4.85. The molecule has 0 saturated carbocycles. The number of aryl methyl sites for hydroxylation is 1. The van der Waals surface area contributed by atoms with Crippen molar-refractivity contribution in [2.75, 3.05) is 0 Å². The number of hydrogen-bond acceptors (Lipinski definition) is 2. The van der Waals surface area contributed by atoms with Gasteiger partial charge in [-0.3, -0.25) is 0 Å². The second-order valence-electron chi connectivity index (χ2n) is 12.2. The van der Waals surface area contributed by atoms with Crippen molar-refractivity contribution in [3.05, 3.63) is 108 Å². The molecule has 38 heavy (non-hydrogen) atoms. The van der Waals surface area contributed by atoms with Crippen LogP contribution in [0.2, 0.25) is 0 Å². The maximum atomic E-state index is 4.46. The first kappa shape index (κ1) is 25.7. The van der Waals surface area contributed by atoms with Gasteiger partial charge in [0.05, 0.1) is 0 Å². The molecule has 3 nitrogen and oxygen atoms in total. The molecular formula is C35H37N3. The molecule has 0 atom stereocenters. The molecule has 3 heteroatoms. The zero-order valence-electron chi connectivity index (χ0n) is 23.6. The standard InChI is InChI=1S/C35H37N3/c1-34(2,3)31-15-11-24(12-16-31)28-20-29(25-13-17-32(18-14-25)35(4,5)6)22-30(21-28)26-9-8-10-27(19-26)33-36-23-37-38(33)7/h8-23H,1-7H3. The van der Waals surface area contributed by atoms with Crippen LogP contribution in [0.25, 0.3) is 44.8 Å². The van der Waals surface area contributed by atoms with Gasteiger partial charge in [-0.15, -0.1) is 0 Å². The second-order valence-corrected chi connectivity index (χ2v) is 12.2. The summed E-state index contributed by atoms with van der Waals surface area (Å²) in [5.41, 5.74) is 11.2. The van der Waals surface area contributed by atoms with Gasteiger partial charge in [-0.05, 0) is 79.6 Å². The first-order valence-corrected chi connectivity index (χ1v) is 13.3. The van der Waals surface area contributed by atoms with Crippen molar-refractivity contribution in [1.29, 1.82) is 0 Å². The van der Waals surface area contributed by atoms with E-state index < -0.39 is 0 Å². The van der Waals surface area contributed by atoms with E-state index in [9.17, 15) is 0 Å². The fourth-order valence-electron chi connectivity index (χ4n) is 4.85. The van der Waals surface area contributed by atoms with E-state index in [2.05, 4.69) is 143 Å². The van der Waals surface area contributed by atoms with Gasteiger partial charge in [-0.25, -0.2) is 9.67 Å². The molecule has 0 aliphatic rings. The van der Waals surface area contributed by atoms with Crippen molar-refractivity contribution < 1.29 is 0 Å². The molecule has 0 N–H and O–H groups in total. The predicted octanol–water partition coefficient (Wildman–Crippen LogP) is 9.08. The summed E-state index contributed by atoms with van der Waals surface area (Å²) in [6, 6.07) is 33.5. The van der Waals surface area contributed by atoms with Crippen LogP contribution in [0.4, 0.5) is 0 Å². The zero-order valence-corrected chi connectivity index (χ0v) is 23.6. The second kappa shape index (κ2) is 9.72. The maximum Gasteiger partial charge on any atom is 0.157 e. The summed E-state index contributed by atoms with van der Waals surface area (Å²) in [6.45, 7) is 13.5. The molecular weight excluding hydrogens is 462 g/mol. The summed E-state index contributed by atoms with van der Waals surface area (Å²) in [7, 11) is 1.93. The Hall–Kier alpha value is -3.98. The minimum absolute atomic E-state index is 0.126. The van der Waals surface area contributed by atoms with E-state index in [4.69, 9.17) is 0 Å². The highest BCUT2D eigenvalue weighted by molar-refractivity contribution is 5.82. The van der Waals surface area contributed by atoms with Gasteiger partial charge in [0.1, 0.15) is 6.33 Å². The van der Waals surface area contributed by atoms with Gasteiger partial charge in [-0.1, -0.05) is 108 Å². The van der Waals surface area contributed by atoms with E-state index in [1.165, 1.54) is 38.9 Å². The van der Waals surface area contributed by atoms with Crippen molar-refractivity contribution in [2.24, 2.45) is 7.05 Å². The minimum Gasteiger partial charge on any atom is -0.249 e. The third-order valence-corrected chi connectivity index (χ3v) is 7.27. The Labute approximate surface area is 227 Å². The van der Waals surface area contributed by atoms with Crippen LogP contribution in [0, 0.1) is 0 Å². The third-order valence-electron chi connectivity index (χ3n) is 7.27. The van der Waals surface area contributed by atoms with Gasteiger partial charge in [0.25, 0.3) is 0 Å². The molecule has 5 aromatic rings. The lowest BCUT2D eigenvalue weighted by molar-refractivity contribution is 0.590. The van der Waals surface area contributed by atoms with E-state index in [-0.39, 0.29) is 10.8 Å². The van der Waals surface area contributed by atoms with Crippen molar-refractivity contribution in [3.8, 4) is 44.8 Å². The smallest absolute Gasteiger partial charge is 0.157 e. The van der Waals surface area contributed by atoms with Crippen molar-refractivity contribution in [3.63, 3.8) is 0 Å². The van der Waals surface area contributed by atoms with E-state index in [1.54, 1.807) is 6.33 Å². The first-order valence-electron chi connectivity index (χ1n) is 13.3. The zero-order chi connectivity index (χ0) is 27.1. The minimum atomic E-state index is 0.126. The summed E-state index contributed by atoms with van der Waals surface area (Å²) in [4.78, 5) is 4.46. The van der Waals surface area contributed by atoms with Gasteiger partial charge in [0.2, 0.25) is 0 Å². The Morgan fingerprint density at radius 3 is 1.34 bits per heavy atom. The number of aromatic nitrogens is 3. The quantitative estimate of drug-likeness (QED) is 0.247. The molecule has 1 heterocycles. The molecule has 0 aliphatic carbocycles. The summed E-state index contributed by atoms with van der Waals surface area (Å²) in [5.74, 6) is 0.860. The van der Waals surface area contributed by atoms with Gasteiger partial charge in [0.15, 0.2) is 5.82 Å². The molecule has 5 rings (SSSR count). The Bertz CT molecular complexity index is 1480. The molecule has 0 amide bonds. The van der Waals surface area contributed by atoms with Gasteiger partial charge < -0.3 is 0 Å². The first-order chi connectivity index (χ1) is 18.0. The molecule has 0 fully saturated rings. The van der Waals surface area contributed by atoms with E-state index in [0.29, 0.717) is 0 Å². The molecule has 0 bridgehead atoms. The molecule has 4 aromatic carbocycles. The Balaban J connectivity index is 1.64. The average molecular weight is 500 g/mol. The molecule has 0 aliphatic heterocycles. The lowest BCUT2D eigenvalue weighted by atomic mass is 9.85. The molecule has 0 spiro atoms. The predicted molar refractivity (Wildman–Crippen MR) is 160 cm³/mol. The van der Waals surface area contributed by atoms with Crippen molar-refractivity contribution in [1.82, 2.24) is 14.8 Å². The molecule has 0 radical (unpaired) electrons. The Kier molecular flexibility index (Phi) is 6.56. The van der Waals surface area contributed by atoms with Gasteiger partial charge >= 0.3 is 0 Å². The van der Waals surface area contributed by atoms with Crippen LogP contribution in [-0.2, 0) is 17.9 Å². The largest absolute Gasteiger partial charge is 0.249 e. The Morgan fingerprint density at radius 1 is 0.500 bits per heavy atom. The topological polar surface area (TPSA) is 30.7 Å². The average Bonchev–Trinajstić information content (AvgIpc) is 3.33. The molecule has 1 aromatic heterocycles. The lowest BCUT2D eigenvalue weighted by Crippen LogP contribution is -2.10. The SMILES string of the molecule is Cn1ncnc1-c1cccc(-c2cc(-c3ccc(C(C)(C)C)cc3)cc(-c3ccc(C(C)(C)C)cc3)c2)c1. The van der Waals surface area contributed by atoms with E-state index in [0.717, 1.165) is 17.0 Å². The highest BCUT2D eigenvalue weighted by Crippen LogP contribution is 2.36. The lowest BCUT2D eigenvalue weighted by Gasteiger charge is -2.20. The summed E-state index contributed by atoms with van der Waals surface area (Å²) in [6.07, 6.45) is 1.60. The van der Waals surface area contributed by atoms with Crippen LogP contribution in [0.3, 0.4) is 0 Å². The van der Waals surface area contributed by atoms with E-state index in [1.807, 2.05) is 11.7 Å². The monoisotopic (exact) mass is 499 g/mol. The highest BCUT2D eigenvalue weighted by Gasteiger charge is 2.16. The number of hydrogen-bond donors (Lipinski definition) is 0. The van der Waals surface area contributed by atoms with Crippen LogP contribution in [0.1, 0.15) is 52.7 Å². The highest BCUT2D eigenvalue weighted by atomic mass is 15.3. The number of benzene rings is 4. The molecule has 0 unspecified atom stereocenters. The Morgan fingerprint density at radius 2 is 0.921 bits per heavy atom. The number of rotatable bonds is 4. The van der Waals surface area contributed by atoms with Gasteiger partial charge in [-0.2, -0.15) is 5.10 Å².